The van der Waals surface area contributed by atoms with Crippen LogP contribution < -0.4 is 21.3 Å². The molecule has 0 fully saturated rings. The summed E-state index contributed by atoms with van der Waals surface area (Å²) < 4.78 is 0. The molecule has 3 aromatic rings. The minimum Gasteiger partial charge on any atom is -0.376 e. The summed E-state index contributed by atoms with van der Waals surface area (Å²) in [5, 5.41) is 10.3. The molecule has 1 aliphatic heterocycles. The van der Waals surface area contributed by atoms with E-state index in [-0.39, 0.29) is 13.4 Å². The fourth-order valence-corrected chi connectivity index (χ4v) is 5.06. The molecular weight excluding hydrogens is 377 g/mol. The highest BCUT2D eigenvalue weighted by Gasteiger charge is 2.37. The zero-order valence-electron chi connectivity index (χ0n) is 19.7. The van der Waals surface area contributed by atoms with Crippen LogP contribution in [0.2, 0.25) is 0 Å². The number of para-hydroxylation sites is 2. The van der Waals surface area contributed by atoms with Crippen molar-refractivity contribution in [2.24, 2.45) is 0 Å². The van der Waals surface area contributed by atoms with Gasteiger partial charge >= 0.3 is 0 Å². The molecule has 31 heavy (non-hydrogen) atoms. The summed E-state index contributed by atoms with van der Waals surface area (Å²) in [6.45, 7) is 14.0. The Labute approximate surface area is 188 Å². The van der Waals surface area contributed by atoms with Gasteiger partial charge in [-0.1, -0.05) is 95.5 Å². The maximum atomic E-state index is 10.3. The molecule has 1 aliphatic rings. The summed E-state index contributed by atoms with van der Waals surface area (Å²) in [6, 6.07) is 22.0. The molecule has 0 atom stereocenters. The van der Waals surface area contributed by atoms with Gasteiger partial charge in [0.05, 0.1) is 0 Å². The molecular formula is C28H34BNO. The van der Waals surface area contributed by atoms with Gasteiger partial charge in [-0.25, -0.2) is 0 Å². The van der Waals surface area contributed by atoms with E-state index >= 15 is 0 Å². The molecule has 0 saturated carbocycles. The normalized spacial score (nSPS) is 13.2. The van der Waals surface area contributed by atoms with Crippen molar-refractivity contribution in [1.29, 1.82) is 0 Å². The van der Waals surface area contributed by atoms with Gasteiger partial charge < -0.3 is 10.0 Å². The van der Waals surface area contributed by atoms with Crippen molar-refractivity contribution in [2.75, 3.05) is 11.6 Å². The fourth-order valence-electron chi connectivity index (χ4n) is 5.06. The van der Waals surface area contributed by atoms with Gasteiger partial charge in [0.25, 0.3) is 0 Å². The number of fused-ring (bicyclic) bond motifs is 2. The molecule has 0 spiro atoms. The molecule has 4 rings (SSSR count). The van der Waals surface area contributed by atoms with Crippen LogP contribution in [0.1, 0.15) is 76.0 Å². The lowest BCUT2D eigenvalue weighted by Gasteiger charge is -2.37. The second-order valence-corrected chi connectivity index (χ2v) is 9.70. The van der Waals surface area contributed by atoms with Crippen LogP contribution in [0.3, 0.4) is 0 Å². The first-order valence-corrected chi connectivity index (χ1v) is 11.6. The van der Waals surface area contributed by atoms with Crippen molar-refractivity contribution in [2.45, 2.75) is 59.3 Å². The highest BCUT2D eigenvalue weighted by molar-refractivity contribution is 6.98. The Hall–Kier alpha value is -2.52. The van der Waals surface area contributed by atoms with Crippen LogP contribution in [0.5, 0.6) is 0 Å². The van der Waals surface area contributed by atoms with Gasteiger partial charge in [-0.2, -0.15) is 0 Å². The van der Waals surface area contributed by atoms with Crippen LogP contribution in [0, 0.1) is 0 Å². The number of hydrogen-bond acceptors (Lipinski definition) is 2. The van der Waals surface area contributed by atoms with E-state index in [1.165, 1.54) is 33.1 Å². The van der Waals surface area contributed by atoms with Gasteiger partial charge in [-0.05, 0) is 57.5 Å². The number of aliphatic hydroxyl groups excluding tert-OH is 1. The maximum Gasteiger partial charge on any atom is 0.247 e. The largest absolute Gasteiger partial charge is 0.376 e. The van der Waals surface area contributed by atoms with Crippen molar-refractivity contribution in [3.8, 4) is 0 Å². The van der Waals surface area contributed by atoms with Crippen LogP contribution in [0.25, 0.3) is 0 Å². The number of aliphatic hydroxyl groups is 1. The summed E-state index contributed by atoms with van der Waals surface area (Å²) in [7, 11) is 0. The van der Waals surface area contributed by atoms with E-state index in [0.717, 1.165) is 11.4 Å². The van der Waals surface area contributed by atoms with Crippen LogP contribution in [0.15, 0.2) is 60.7 Å². The summed E-state index contributed by atoms with van der Waals surface area (Å²) in [5.41, 5.74) is 10.5. The van der Waals surface area contributed by atoms with Gasteiger partial charge in [-0.3, -0.25) is 0 Å². The molecule has 0 radical (unpaired) electrons. The Kier molecular flexibility index (Phi) is 5.99. The average molecular weight is 411 g/mol. The first-order valence-electron chi connectivity index (χ1n) is 11.6. The summed E-state index contributed by atoms with van der Waals surface area (Å²) in [6.07, 6.45) is 0. The van der Waals surface area contributed by atoms with Crippen LogP contribution in [-0.2, 0) is 0 Å². The van der Waals surface area contributed by atoms with Crippen molar-refractivity contribution in [3.05, 3.63) is 77.4 Å². The molecule has 3 aromatic carbocycles. The molecule has 1 heterocycles. The Bertz CT molecular complexity index is 1010. The standard InChI is InChI=1S/C28H34BNO/c1-18(2)21-15-22(19(3)4)28(23(16-21)20(5)6)29-24-11-7-9-13-26(24)30(17-31)27-14-10-8-12-25(27)29/h7-16,18-20,31H,17H2,1-6H3. The molecule has 0 saturated heterocycles. The van der Waals surface area contributed by atoms with Gasteiger partial charge in [0.1, 0.15) is 6.73 Å². The lowest BCUT2D eigenvalue weighted by molar-refractivity contribution is 0.305. The van der Waals surface area contributed by atoms with Crippen molar-refractivity contribution in [1.82, 2.24) is 0 Å². The van der Waals surface area contributed by atoms with Crippen LogP contribution in [-0.4, -0.2) is 18.6 Å². The third-order valence-corrected chi connectivity index (χ3v) is 6.68. The number of nitrogens with zero attached hydrogens (tertiary/aromatic N) is 1. The van der Waals surface area contributed by atoms with Gasteiger partial charge in [0.15, 0.2) is 0 Å². The average Bonchev–Trinajstić information content (AvgIpc) is 2.76. The third-order valence-electron chi connectivity index (χ3n) is 6.68. The Morgan fingerprint density at radius 3 is 1.55 bits per heavy atom. The van der Waals surface area contributed by atoms with E-state index in [0.29, 0.717) is 17.8 Å². The smallest absolute Gasteiger partial charge is 0.247 e. The maximum absolute atomic E-state index is 10.3. The lowest BCUT2D eigenvalue weighted by Crippen LogP contribution is -2.60. The summed E-state index contributed by atoms with van der Waals surface area (Å²) in [5.74, 6) is 1.36. The predicted molar refractivity (Wildman–Crippen MR) is 135 cm³/mol. The second-order valence-electron chi connectivity index (χ2n) is 9.70. The monoisotopic (exact) mass is 411 g/mol. The summed E-state index contributed by atoms with van der Waals surface area (Å²) >= 11 is 0. The molecule has 0 unspecified atom stereocenters. The topological polar surface area (TPSA) is 23.5 Å². The first kappa shape index (κ1) is 21.7. The van der Waals surface area contributed by atoms with E-state index in [4.69, 9.17) is 0 Å². The molecule has 160 valence electrons. The molecule has 3 heteroatoms. The molecule has 0 bridgehead atoms. The molecule has 0 aromatic heterocycles. The third kappa shape index (κ3) is 3.70. The van der Waals surface area contributed by atoms with Crippen molar-refractivity contribution >= 4 is 34.5 Å². The van der Waals surface area contributed by atoms with Gasteiger partial charge in [0.2, 0.25) is 6.71 Å². The zero-order valence-corrected chi connectivity index (χ0v) is 19.7. The van der Waals surface area contributed by atoms with E-state index in [2.05, 4.69) is 102 Å². The Balaban J connectivity index is 2.09. The lowest BCUT2D eigenvalue weighted by atomic mass is 9.33. The molecule has 0 aliphatic carbocycles. The van der Waals surface area contributed by atoms with Crippen molar-refractivity contribution < 1.29 is 5.11 Å². The quantitative estimate of drug-likeness (QED) is 0.599. The molecule has 1 N–H and O–H groups in total. The minimum absolute atomic E-state index is 0.0267. The second kappa shape index (κ2) is 8.55. The Morgan fingerprint density at radius 1 is 0.710 bits per heavy atom. The number of hydrogen-bond donors (Lipinski definition) is 1. The van der Waals surface area contributed by atoms with E-state index < -0.39 is 0 Å². The zero-order chi connectivity index (χ0) is 22.3. The summed E-state index contributed by atoms with van der Waals surface area (Å²) in [4.78, 5) is 2.04. The van der Waals surface area contributed by atoms with E-state index in [1.807, 2.05) is 4.90 Å². The number of rotatable bonds is 5. The predicted octanol–water partition coefficient (Wildman–Crippen LogP) is 4.97. The molecule has 2 nitrogen and oxygen atoms in total. The molecule has 0 amide bonds. The Morgan fingerprint density at radius 2 is 1.16 bits per heavy atom. The first-order chi connectivity index (χ1) is 14.8. The SMILES string of the molecule is CC(C)c1cc(C(C)C)c(B2c3ccccc3N(CO)c3ccccc32)c(C(C)C)c1. The van der Waals surface area contributed by atoms with E-state index in [9.17, 15) is 5.11 Å². The van der Waals surface area contributed by atoms with Gasteiger partial charge in [-0.15, -0.1) is 0 Å². The highest BCUT2D eigenvalue weighted by Crippen LogP contribution is 2.31. The van der Waals surface area contributed by atoms with Gasteiger partial charge in [0, 0.05) is 11.4 Å². The fraction of sp³-hybridized carbons (Fsp3) is 0.357. The number of benzene rings is 3. The van der Waals surface area contributed by atoms with Crippen LogP contribution >= 0.6 is 0 Å². The number of anilines is 2. The van der Waals surface area contributed by atoms with E-state index in [1.54, 1.807) is 0 Å². The minimum atomic E-state index is -0.0267. The highest BCUT2D eigenvalue weighted by atomic mass is 16.3. The van der Waals surface area contributed by atoms with Crippen molar-refractivity contribution in [3.63, 3.8) is 0 Å². The van der Waals surface area contributed by atoms with Crippen LogP contribution in [0.4, 0.5) is 11.4 Å².